The van der Waals surface area contributed by atoms with Crippen LogP contribution in [-0.2, 0) is 0 Å². The van der Waals surface area contributed by atoms with Crippen molar-refractivity contribution in [3.63, 3.8) is 0 Å². The van der Waals surface area contributed by atoms with Gasteiger partial charge in [0.05, 0.1) is 11.7 Å². The summed E-state index contributed by atoms with van der Waals surface area (Å²) >= 11 is 0. The molecule has 1 aromatic carbocycles. The highest BCUT2D eigenvalue weighted by molar-refractivity contribution is 5.19. The van der Waals surface area contributed by atoms with Gasteiger partial charge < -0.3 is 15.5 Å². The van der Waals surface area contributed by atoms with Gasteiger partial charge in [0.1, 0.15) is 0 Å². The topological polar surface area (TPSA) is 52.5 Å². The summed E-state index contributed by atoms with van der Waals surface area (Å²) in [6.45, 7) is 4.58. The molecule has 3 nitrogen and oxygen atoms in total. The monoisotopic (exact) mass is 303 g/mol. The normalized spacial score (nSPS) is 20.8. The first kappa shape index (κ1) is 17.2. The van der Waals surface area contributed by atoms with Crippen molar-refractivity contribution in [2.24, 2.45) is 0 Å². The summed E-state index contributed by atoms with van der Waals surface area (Å²) in [6.07, 6.45) is 6.85. The smallest absolute Gasteiger partial charge is 0.0940 e. The molecule has 0 bridgehead atoms. The summed E-state index contributed by atoms with van der Waals surface area (Å²) in [6, 6.07) is 9.65. The lowest BCUT2D eigenvalue weighted by Crippen LogP contribution is -2.38. The molecule has 1 aliphatic rings. The SMILES string of the molecule is CC(NCCC(C)(O)C1=CCCCC1)C(O)c1ccccc1. The lowest BCUT2D eigenvalue weighted by molar-refractivity contribution is 0.0777. The second-order valence-electron chi connectivity index (χ2n) is 6.60. The van der Waals surface area contributed by atoms with Crippen LogP contribution in [0.5, 0.6) is 0 Å². The van der Waals surface area contributed by atoms with Gasteiger partial charge in [-0.2, -0.15) is 0 Å². The number of nitrogens with one attached hydrogen (secondary N) is 1. The van der Waals surface area contributed by atoms with Crippen molar-refractivity contribution in [1.82, 2.24) is 5.32 Å². The second-order valence-corrected chi connectivity index (χ2v) is 6.60. The maximum absolute atomic E-state index is 10.6. The van der Waals surface area contributed by atoms with Crippen molar-refractivity contribution in [2.75, 3.05) is 6.54 Å². The molecular weight excluding hydrogens is 274 g/mol. The number of hydrogen-bond donors (Lipinski definition) is 3. The minimum absolute atomic E-state index is 0.0430. The highest BCUT2D eigenvalue weighted by Gasteiger charge is 2.26. The number of aliphatic hydroxyl groups excluding tert-OH is 1. The highest BCUT2D eigenvalue weighted by Crippen LogP contribution is 2.29. The zero-order valence-corrected chi connectivity index (χ0v) is 13.8. The van der Waals surface area contributed by atoms with Crippen LogP contribution in [0, 0.1) is 0 Å². The third kappa shape index (κ3) is 4.67. The standard InChI is InChI=1S/C19H29NO2/c1-15(18(21)16-9-5-3-6-10-16)20-14-13-19(2,22)17-11-7-4-8-12-17/h3,5-6,9-11,15,18,20-22H,4,7-8,12-14H2,1-2H3. The molecule has 0 aromatic heterocycles. The van der Waals surface area contributed by atoms with Crippen molar-refractivity contribution in [2.45, 2.75) is 63.7 Å². The zero-order chi connectivity index (χ0) is 16.0. The van der Waals surface area contributed by atoms with E-state index in [1.165, 1.54) is 18.4 Å². The second kappa shape index (κ2) is 7.91. The summed E-state index contributed by atoms with van der Waals surface area (Å²) in [7, 11) is 0. The van der Waals surface area contributed by atoms with Crippen molar-refractivity contribution < 1.29 is 10.2 Å². The molecule has 2 rings (SSSR count). The molecule has 3 atom stereocenters. The van der Waals surface area contributed by atoms with E-state index in [-0.39, 0.29) is 6.04 Å². The average molecular weight is 303 g/mol. The van der Waals surface area contributed by atoms with Crippen LogP contribution in [0.15, 0.2) is 42.0 Å². The fourth-order valence-electron chi connectivity index (χ4n) is 3.08. The summed E-state index contributed by atoms with van der Waals surface area (Å²) in [5.41, 5.74) is 1.37. The van der Waals surface area contributed by atoms with Gasteiger partial charge in [0.25, 0.3) is 0 Å². The van der Waals surface area contributed by atoms with Crippen LogP contribution >= 0.6 is 0 Å². The average Bonchev–Trinajstić information content (AvgIpc) is 2.55. The molecule has 0 saturated carbocycles. The van der Waals surface area contributed by atoms with Crippen LogP contribution in [0.1, 0.15) is 57.6 Å². The molecule has 3 N–H and O–H groups in total. The minimum atomic E-state index is -0.731. The Morgan fingerprint density at radius 2 is 1.95 bits per heavy atom. The first-order valence-corrected chi connectivity index (χ1v) is 8.39. The Bertz CT molecular complexity index is 481. The van der Waals surface area contributed by atoms with E-state index < -0.39 is 11.7 Å². The van der Waals surface area contributed by atoms with Gasteiger partial charge in [-0.25, -0.2) is 0 Å². The number of allylic oxidation sites excluding steroid dienone is 1. The Morgan fingerprint density at radius 3 is 2.59 bits per heavy atom. The summed E-state index contributed by atoms with van der Waals surface area (Å²) in [4.78, 5) is 0. The lowest BCUT2D eigenvalue weighted by Gasteiger charge is -2.30. The largest absolute Gasteiger partial charge is 0.387 e. The number of rotatable bonds is 7. The summed E-state index contributed by atoms with van der Waals surface area (Å²) in [5, 5.41) is 24.3. The Kier molecular flexibility index (Phi) is 6.18. The Hall–Kier alpha value is -1.16. The van der Waals surface area contributed by atoms with Crippen LogP contribution in [0.4, 0.5) is 0 Å². The van der Waals surface area contributed by atoms with Crippen LogP contribution in [0.2, 0.25) is 0 Å². The van der Waals surface area contributed by atoms with Gasteiger partial charge in [0.15, 0.2) is 0 Å². The van der Waals surface area contributed by atoms with Crippen molar-refractivity contribution >= 4 is 0 Å². The molecule has 22 heavy (non-hydrogen) atoms. The van der Waals surface area contributed by atoms with Crippen molar-refractivity contribution in [3.8, 4) is 0 Å². The summed E-state index contributed by atoms with van der Waals surface area (Å²) < 4.78 is 0. The van der Waals surface area contributed by atoms with Gasteiger partial charge in [0.2, 0.25) is 0 Å². The number of aliphatic hydroxyl groups is 2. The van der Waals surface area contributed by atoms with Gasteiger partial charge in [0, 0.05) is 6.04 Å². The molecule has 3 heteroatoms. The van der Waals surface area contributed by atoms with Crippen molar-refractivity contribution in [3.05, 3.63) is 47.5 Å². The molecule has 0 amide bonds. The van der Waals surface area contributed by atoms with Crippen LogP contribution in [0.3, 0.4) is 0 Å². The molecule has 122 valence electrons. The molecule has 0 heterocycles. The molecule has 0 fully saturated rings. The molecule has 3 unspecified atom stereocenters. The predicted octanol–water partition coefficient (Wildman–Crippen LogP) is 3.34. The molecule has 0 radical (unpaired) electrons. The summed E-state index contributed by atoms with van der Waals surface area (Å²) in [5.74, 6) is 0. The van der Waals surface area contributed by atoms with Gasteiger partial charge in [-0.3, -0.25) is 0 Å². The van der Waals surface area contributed by atoms with E-state index in [2.05, 4.69) is 11.4 Å². The van der Waals surface area contributed by atoms with Gasteiger partial charge in [-0.1, -0.05) is 36.4 Å². The molecule has 1 aromatic rings. The quantitative estimate of drug-likeness (QED) is 0.677. The molecule has 0 aliphatic heterocycles. The lowest BCUT2D eigenvalue weighted by atomic mass is 9.84. The fraction of sp³-hybridized carbons (Fsp3) is 0.579. The van der Waals surface area contributed by atoms with E-state index in [1.54, 1.807) is 0 Å². The fourth-order valence-corrected chi connectivity index (χ4v) is 3.08. The Balaban J connectivity index is 1.81. The van der Waals surface area contributed by atoms with Gasteiger partial charge in [-0.15, -0.1) is 0 Å². The maximum atomic E-state index is 10.6. The first-order chi connectivity index (χ1) is 10.5. The van der Waals surface area contributed by atoms with Gasteiger partial charge >= 0.3 is 0 Å². The first-order valence-electron chi connectivity index (χ1n) is 8.39. The predicted molar refractivity (Wildman–Crippen MR) is 90.7 cm³/mol. The van der Waals surface area contributed by atoms with E-state index in [0.717, 1.165) is 18.4 Å². The molecule has 0 saturated heterocycles. The molecular formula is C19H29NO2. The van der Waals surface area contributed by atoms with E-state index in [0.29, 0.717) is 13.0 Å². The van der Waals surface area contributed by atoms with E-state index >= 15 is 0 Å². The van der Waals surface area contributed by atoms with E-state index in [4.69, 9.17) is 0 Å². The maximum Gasteiger partial charge on any atom is 0.0940 e. The zero-order valence-electron chi connectivity index (χ0n) is 13.8. The van der Waals surface area contributed by atoms with E-state index in [1.807, 2.05) is 44.2 Å². The Morgan fingerprint density at radius 1 is 1.23 bits per heavy atom. The van der Waals surface area contributed by atoms with Crippen LogP contribution < -0.4 is 5.32 Å². The Labute approximate surface area is 134 Å². The van der Waals surface area contributed by atoms with Crippen LogP contribution in [0.25, 0.3) is 0 Å². The number of hydrogen-bond acceptors (Lipinski definition) is 3. The number of benzene rings is 1. The molecule has 0 spiro atoms. The van der Waals surface area contributed by atoms with Crippen molar-refractivity contribution in [1.29, 1.82) is 0 Å². The molecule has 1 aliphatic carbocycles. The minimum Gasteiger partial charge on any atom is -0.387 e. The highest BCUT2D eigenvalue weighted by atomic mass is 16.3. The third-order valence-electron chi connectivity index (χ3n) is 4.68. The third-order valence-corrected chi connectivity index (χ3v) is 4.68. The van der Waals surface area contributed by atoms with Crippen LogP contribution in [-0.4, -0.2) is 28.4 Å². The van der Waals surface area contributed by atoms with E-state index in [9.17, 15) is 10.2 Å². The van der Waals surface area contributed by atoms with Gasteiger partial charge in [-0.05, 0) is 63.6 Å².